The van der Waals surface area contributed by atoms with Gasteiger partial charge in [0.25, 0.3) is 0 Å². The molecule has 5 heteroatoms. The monoisotopic (exact) mass is 323 g/mol. The van der Waals surface area contributed by atoms with E-state index in [9.17, 15) is 0 Å². The predicted octanol–water partition coefficient (Wildman–Crippen LogP) is 3.52. The highest BCUT2D eigenvalue weighted by molar-refractivity contribution is 9.10. The lowest BCUT2D eigenvalue weighted by Gasteiger charge is -2.14. The first-order valence-electron chi connectivity index (χ1n) is 6.30. The summed E-state index contributed by atoms with van der Waals surface area (Å²) < 4.78 is 6.43. The van der Waals surface area contributed by atoms with Crippen LogP contribution in [0.15, 0.2) is 27.2 Å². The average Bonchev–Trinajstić information content (AvgIpc) is 2.86. The summed E-state index contributed by atoms with van der Waals surface area (Å²) in [7, 11) is 1.93. The molecule has 0 saturated carbocycles. The summed E-state index contributed by atoms with van der Waals surface area (Å²) in [4.78, 5) is 4.51. The lowest BCUT2D eigenvalue weighted by molar-refractivity contribution is 0.336. The van der Waals surface area contributed by atoms with Gasteiger partial charge in [-0.3, -0.25) is 0 Å². The highest BCUT2D eigenvalue weighted by Gasteiger charge is 2.20. The van der Waals surface area contributed by atoms with Crippen LogP contribution >= 0.6 is 15.9 Å². The molecular weight excluding hydrogens is 306 g/mol. The fourth-order valence-corrected chi connectivity index (χ4v) is 2.35. The Hall–Kier alpha value is -1.20. The molecule has 102 valence electrons. The molecule has 2 aromatic rings. The van der Waals surface area contributed by atoms with Crippen LogP contribution in [0.5, 0.6) is 0 Å². The number of aryl methyl sites for hydroxylation is 1. The second-order valence-corrected chi connectivity index (χ2v) is 5.70. The van der Waals surface area contributed by atoms with E-state index in [-0.39, 0.29) is 5.92 Å². The molecule has 0 saturated heterocycles. The number of halogens is 1. The van der Waals surface area contributed by atoms with Crippen molar-refractivity contribution >= 4 is 15.9 Å². The molecule has 1 heterocycles. The molecule has 19 heavy (non-hydrogen) atoms. The number of aromatic nitrogens is 2. The van der Waals surface area contributed by atoms with Crippen molar-refractivity contribution in [3.8, 4) is 11.4 Å². The van der Waals surface area contributed by atoms with E-state index in [0.717, 1.165) is 15.6 Å². The predicted molar refractivity (Wildman–Crippen MR) is 79.1 cm³/mol. The van der Waals surface area contributed by atoms with Gasteiger partial charge in [-0.2, -0.15) is 4.98 Å². The number of hydrogen-bond acceptors (Lipinski definition) is 4. The van der Waals surface area contributed by atoms with Crippen molar-refractivity contribution < 1.29 is 4.52 Å². The molecule has 2 unspecified atom stereocenters. The molecule has 0 radical (unpaired) electrons. The molecule has 0 aliphatic heterocycles. The standard InChI is InChI=1S/C14H18BrN3O/c1-8-7-11(15)5-6-12(8)13-17-14(19-18-13)9(2)10(3)16-4/h5-7,9-10,16H,1-4H3. The average molecular weight is 324 g/mol. The Labute approximate surface area is 121 Å². The summed E-state index contributed by atoms with van der Waals surface area (Å²) in [5, 5.41) is 7.28. The maximum atomic E-state index is 5.38. The summed E-state index contributed by atoms with van der Waals surface area (Å²) in [5.74, 6) is 1.50. The van der Waals surface area contributed by atoms with Gasteiger partial charge < -0.3 is 9.84 Å². The molecule has 4 nitrogen and oxygen atoms in total. The Kier molecular flexibility index (Phi) is 4.37. The van der Waals surface area contributed by atoms with Crippen molar-refractivity contribution in [3.05, 3.63) is 34.1 Å². The lowest BCUT2D eigenvalue weighted by atomic mass is 10.0. The molecule has 0 aliphatic carbocycles. The van der Waals surface area contributed by atoms with Crippen LogP contribution in [0, 0.1) is 6.92 Å². The Morgan fingerprint density at radius 1 is 1.32 bits per heavy atom. The normalized spacial score (nSPS) is 14.4. The SMILES string of the molecule is CNC(C)C(C)c1nc(-c2ccc(Br)cc2C)no1. The minimum absolute atomic E-state index is 0.182. The smallest absolute Gasteiger partial charge is 0.231 e. The third kappa shape index (κ3) is 3.04. The van der Waals surface area contributed by atoms with Gasteiger partial charge in [0.15, 0.2) is 0 Å². The van der Waals surface area contributed by atoms with Crippen LogP contribution in [0.4, 0.5) is 0 Å². The first-order chi connectivity index (χ1) is 9.02. The minimum Gasteiger partial charge on any atom is -0.339 e. The Balaban J connectivity index is 2.30. The third-order valence-electron chi connectivity index (χ3n) is 3.47. The molecule has 0 aliphatic rings. The lowest BCUT2D eigenvalue weighted by Crippen LogP contribution is -2.27. The van der Waals surface area contributed by atoms with E-state index in [1.165, 1.54) is 0 Å². The highest BCUT2D eigenvalue weighted by atomic mass is 79.9. The number of rotatable bonds is 4. The minimum atomic E-state index is 0.182. The van der Waals surface area contributed by atoms with Crippen molar-refractivity contribution in [1.82, 2.24) is 15.5 Å². The highest BCUT2D eigenvalue weighted by Crippen LogP contribution is 2.26. The van der Waals surface area contributed by atoms with Gasteiger partial charge in [-0.05, 0) is 44.7 Å². The molecule has 0 amide bonds. The molecule has 2 rings (SSSR count). The van der Waals surface area contributed by atoms with Gasteiger partial charge in [0.1, 0.15) is 0 Å². The molecule has 1 aromatic carbocycles. The molecule has 0 spiro atoms. The topological polar surface area (TPSA) is 51.0 Å². The van der Waals surface area contributed by atoms with Gasteiger partial charge in [0.05, 0.1) is 5.92 Å². The van der Waals surface area contributed by atoms with Gasteiger partial charge in [-0.15, -0.1) is 0 Å². The van der Waals surface area contributed by atoms with E-state index in [4.69, 9.17) is 4.52 Å². The zero-order valence-corrected chi connectivity index (χ0v) is 13.2. The summed E-state index contributed by atoms with van der Waals surface area (Å²) in [6.45, 7) is 6.21. The number of nitrogens with zero attached hydrogens (tertiary/aromatic N) is 2. The molecule has 1 N–H and O–H groups in total. The van der Waals surface area contributed by atoms with Crippen LogP contribution in [0.2, 0.25) is 0 Å². The second kappa shape index (κ2) is 5.84. The van der Waals surface area contributed by atoms with E-state index >= 15 is 0 Å². The van der Waals surface area contributed by atoms with Gasteiger partial charge >= 0.3 is 0 Å². The van der Waals surface area contributed by atoms with Crippen molar-refractivity contribution in [1.29, 1.82) is 0 Å². The van der Waals surface area contributed by atoms with Crippen LogP contribution in [-0.4, -0.2) is 23.2 Å². The van der Waals surface area contributed by atoms with Crippen molar-refractivity contribution in [2.75, 3.05) is 7.05 Å². The summed E-state index contributed by atoms with van der Waals surface area (Å²) in [5.41, 5.74) is 2.12. The van der Waals surface area contributed by atoms with Crippen LogP contribution in [0.1, 0.15) is 31.2 Å². The van der Waals surface area contributed by atoms with Gasteiger partial charge in [0, 0.05) is 16.1 Å². The van der Waals surface area contributed by atoms with Crippen molar-refractivity contribution in [3.63, 3.8) is 0 Å². The Morgan fingerprint density at radius 3 is 2.68 bits per heavy atom. The number of likely N-dealkylation sites (N-methyl/N-ethyl adjacent to an activating group) is 1. The third-order valence-corrected chi connectivity index (χ3v) is 3.96. The first kappa shape index (κ1) is 14.2. The maximum absolute atomic E-state index is 5.38. The largest absolute Gasteiger partial charge is 0.339 e. The maximum Gasteiger partial charge on any atom is 0.231 e. The fourth-order valence-electron chi connectivity index (χ4n) is 1.87. The Bertz CT molecular complexity index is 568. The number of benzene rings is 1. The van der Waals surface area contributed by atoms with Crippen LogP contribution < -0.4 is 5.32 Å². The van der Waals surface area contributed by atoms with E-state index in [1.54, 1.807) is 0 Å². The zero-order chi connectivity index (χ0) is 14.0. The summed E-state index contributed by atoms with van der Waals surface area (Å²) >= 11 is 3.45. The molecular formula is C14H18BrN3O. The summed E-state index contributed by atoms with van der Waals surface area (Å²) in [6, 6.07) is 6.32. The summed E-state index contributed by atoms with van der Waals surface area (Å²) in [6.07, 6.45) is 0. The van der Waals surface area contributed by atoms with Gasteiger partial charge in [-0.25, -0.2) is 0 Å². The molecule has 0 fully saturated rings. The Morgan fingerprint density at radius 2 is 2.05 bits per heavy atom. The number of nitrogens with one attached hydrogen (secondary N) is 1. The van der Waals surface area contributed by atoms with Gasteiger partial charge in [0.2, 0.25) is 11.7 Å². The van der Waals surface area contributed by atoms with Crippen LogP contribution in [-0.2, 0) is 0 Å². The quantitative estimate of drug-likeness (QED) is 0.935. The number of hydrogen-bond donors (Lipinski definition) is 1. The van der Waals surface area contributed by atoms with Crippen molar-refractivity contribution in [2.24, 2.45) is 0 Å². The van der Waals surface area contributed by atoms with E-state index in [2.05, 4.69) is 45.2 Å². The van der Waals surface area contributed by atoms with Crippen LogP contribution in [0.3, 0.4) is 0 Å². The first-order valence-corrected chi connectivity index (χ1v) is 7.09. The zero-order valence-electron chi connectivity index (χ0n) is 11.6. The second-order valence-electron chi connectivity index (χ2n) is 4.78. The fraction of sp³-hybridized carbons (Fsp3) is 0.429. The molecule has 2 atom stereocenters. The van der Waals surface area contributed by atoms with E-state index in [0.29, 0.717) is 17.8 Å². The van der Waals surface area contributed by atoms with Crippen molar-refractivity contribution in [2.45, 2.75) is 32.7 Å². The molecule has 0 bridgehead atoms. The van der Waals surface area contributed by atoms with E-state index in [1.807, 2.05) is 32.2 Å². The van der Waals surface area contributed by atoms with E-state index < -0.39 is 0 Å². The van der Waals surface area contributed by atoms with Crippen LogP contribution in [0.25, 0.3) is 11.4 Å². The molecule has 1 aromatic heterocycles. The van der Waals surface area contributed by atoms with Gasteiger partial charge in [-0.1, -0.05) is 28.0 Å².